The minimum Gasteiger partial charge on any atom is -0.494 e. The molecule has 0 bridgehead atoms. The SMILES string of the molecule is CCOc1ccc(C(=O)Cn2c(Br)nc3c(=O)n(C)c(=O)n(C)c32)cc1. The van der Waals surface area contributed by atoms with Crippen molar-refractivity contribution < 1.29 is 9.53 Å². The average Bonchev–Trinajstić information content (AvgIpc) is 2.95. The van der Waals surface area contributed by atoms with Gasteiger partial charge in [-0.3, -0.25) is 23.3 Å². The summed E-state index contributed by atoms with van der Waals surface area (Å²) in [7, 11) is 2.93. The van der Waals surface area contributed by atoms with Gasteiger partial charge in [0, 0.05) is 19.7 Å². The molecule has 0 N–H and O–H groups in total. The van der Waals surface area contributed by atoms with Crippen LogP contribution in [0.5, 0.6) is 5.75 Å². The highest BCUT2D eigenvalue weighted by Crippen LogP contribution is 2.18. The van der Waals surface area contributed by atoms with Crippen LogP contribution in [0.2, 0.25) is 0 Å². The number of fused-ring (bicyclic) bond motifs is 1. The molecule has 2 heterocycles. The minimum atomic E-state index is -0.504. The van der Waals surface area contributed by atoms with Gasteiger partial charge in [0.2, 0.25) is 0 Å². The molecular formula is C17H17BrN4O4. The Balaban J connectivity index is 2.03. The lowest BCUT2D eigenvalue weighted by atomic mass is 10.1. The molecule has 26 heavy (non-hydrogen) atoms. The number of carbonyl (C=O) groups excluding carboxylic acids is 1. The second kappa shape index (κ2) is 6.91. The van der Waals surface area contributed by atoms with Gasteiger partial charge in [-0.15, -0.1) is 0 Å². The van der Waals surface area contributed by atoms with E-state index in [1.54, 1.807) is 24.3 Å². The molecule has 0 saturated heterocycles. The van der Waals surface area contributed by atoms with Gasteiger partial charge < -0.3 is 4.74 Å². The number of aryl methyl sites for hydroxylation is 1. The van der Waals surface area contributed by atoms with Crippen molar-refractivity contribution in [2.24, 2.45) is 14.1 Å². The summed E-state index contributed by atoms with van der Waals surface area (Å²) in [6, 6.07) is 6.81. The first kappa shape index (κ1) is 18.1. The quantitative estimate of drug-likeness (QED) is 0.460. The summed E-state index contributed by atoms with van der Waals surface area (Å²) < 4.78 is 9.48. The normalized spacial score (nSPS) is 11.1. The van der Waals surface area contributed by atoms with E-state index in [0.29, 0.717) is 28.3 Å². The zero-order valence-corrected chi connectivity index (χ0v) is 16.1. The maximum absolute atomic E-state index is 12.6. The Morgan fingerprint density at radius 3 is 2.42 bits per heavy atom. The van der Waals surface area contributed by atoms with E-state index < -0.39 is 11.2 Å². The number of carbonyl (C=O) groups is 1. The molecule has 0 saturated carbocycles. The molecule has 0 aliphatic rings. The predicted molar refractivity (Wildman–Crippen MR) is 99.9 cm³/mol. The third-order valence-corrected chi connectivity index (χ3v) is 4.69. The number of rotatable bonds is 5. The van der Waals surface area contributed by atoms with Gasteiger partial charge in [0.1, 0.15) is 5.75 Å². The van der Waals surface area contributed by atoms with E-state index in [2.05, 4.69) is 20.9 Å². The number of ketones is 1. The molecule has 9 heteroatoms. The number of hydrogen-bond acceptors (Lipinski definition) is 5. The van der Waals surface area contributed by atoms with Crippen molar-refractivity contribution in [1.29, 1.82) is 0 Å². The van der Waals surface area contributed by atoms with Crippen LogP contribution < -0.4 is 16.0 Å². The topological polar surface area (TPSA) is 88.1 Å². The molecular weight excluding hydrogens is 404 g/mol. The Morgan fingerprint density at radius 2 is 1.81 bits per heavy atom. The van der Waals surface area contributed by atoms with Gasteiger partial charge in [0.15, 0.2) is 21.7 Å². The van der Waals surface area contributed by atoms with Crippen molar-refractivity contribution in [3.8, 4) is 5.75 Å². The third-order valence-electron chi connectivity index (χ3n) is 4.08. The zero-order chi connectivity index (χ0) is 19.0. The van der Waals surface area contributed by atoms with Crippen molar-refractivity contribution in [3.63, 3.8) is 0 Å². The van der Waals surface area contributed by atoms with Gasteiger partial charge >= 0.3 is 5.69 Å². The number of benzene rings is 1. The second-order valence-corrected chi connectivity index (χ2v) is 6.43. The summed E-state index contributed by atoms with van der Waals surface area (Å²) in [5.41, 5.74) is -0.0676. The molecule has 8 nitrogen and oxygen atoms in total. The highest BCUT2D eigenvalue weighted by molar-refractivity contribution is 9.10. The number of halogens is 1. The smallest absolute Gasteiger partial charge is 0.332 e. The zero-order valence-electron chi connectivity index (χ0n) is 14.5. The molecule has 0 radical (unpaired) electrons. The Bertz CT molecular complexity index is 1110. The molecule has 0 aliphatic carbocycles. The molecule has 3 aromatic rings. The lowest BCUT2D eigenvalue weighted by Crippen LogP contribution is -2.37. The van der Waals surface area contributed by atoms with Crippen molar-refractivity contribution in [3.05, 3.63) is 55.4 Å². The van der Waals surface area contributed by atoms with Gasteiger partial charge in [0.05, 0.1) is 13.2 Å². The van der Waals surface area contributed by atoms with Gasteiger partial charge in [-0.25, -0.2) is 9.78 Å². The van der Waals surface area contributed by atoms with Crippen LogP contribution in [0.4, 0.5) is 0 Å². The van der Waals surface area contributed by atoms with E-state index >= 15 is 0 Å². The first-order valence-electron chi connectivity index (χ1n) is 7.93. The number of ether oxygens (including phenoxy) is 1. The maximum Gasteiger partial charge on any atom is 0.332 e. The van der Waals surface area contributed by atoms with Crippen LogP contribution >= 0.6 is 15.9 Å². The van der Waals surface area contributed by atoms with Crippen LogP contribution in [0.3, 0.4) is 0 Å². The van der Waals surface area contributed by atoms with Gasteiger partial charge in [-0.05, 0) is 47.1 Å². The molecule has 3 rings (SSSR count). The summed E-state index contributed by atoms with van der Waals surface area (Å²) >= 11 is 3.28. The van der Waals surface area contributed by atoms with Crippen LogP contribution in [0.1, 0.15) is 17.3 Å². The van der Waals surface area contributed by atoms with Gasteiger partial charge in [-0.2, -0.15) is 0 Å². The van der Waals surface area contributed by atoms with Crippen LogP contribution in [0.15, 0.2) is 38.6 Å². The number of nitrogens with zero attached hydrogens (tertiary/aromatic N) is 4. The molecule has 0 aliphatic heterocycles. The Hall–Kier alpha value is -2.68. The maximum atomic E-state index is 12.6. The predicted octanol–water partition coefficient (Wildman–Crippen LogP) is 1.48. The summed E-state index contributed by atoms with van der Waals surface area (Å²) in [5, 5.41) is 0. The largest absolute Gasteiger partial charge is 0.494 e. The fraction of sp³-hybridized carbons (Fsp3) is 0.294. The van der Waals surface area contributed by atoms with E-state index in [1.165, 1.54) is 23.2 Å². The molecule has 0 fully saturated rings. The first-order valence-corrected chi connectivity index (χ1v) is 8.72. The van der Waals surface area contributed by atoms with Crippen LogP contribution in [-0.4, -0.2) is 31.1 Å². The van der Waals surface area contributed by atoms with Crippen LogP contribution in [0, 0.1) is 0 Å². The Morgan fingerprint density at radius 1 is 1.15 bits per heavy atom. The number of aromatic nitrogens is 4. The lowest BCUT2D eigenvalue weighted by Gasteiger charge is -2.09. The number of hydrogen-bond donors (Lipinski definition) is 0. The van der Waals surface area contributed by atoms with E-state index in [0.717, 1.165) is 4.57 Å². The standard InChI is InChI=1S/C17H17BrN4O4/c1-4-26-11-7-5-10(6-8-11)12(23)9-22-14-13(19-16(22)18)15(24)21(3)17(25)20(14)2/h5-8H,4,9H2,1-3H3. The van der Waals surface area contributed by atoms with Crippen molar-refractivity contribution in [2.45, 2.75) is 13.5 Å². The Kier molecular flexibility index (Phi) is 4.82. The second-order valence-electron chi connectivity index (χ2n) is 5.73. The lowest BCUT2D eigenvalue weighted by molar-refractivity contribution is 0.0972. The molecule has 0 amide bonds. The molecule has 0 atom stereocenters. The van der Waals surface area contributed by atoms with Crippen LogP contribution in [-0.2, 0) is 20.6 Å². The summed E-state index contributed by atoms with van der Waals surface area (Å²) in [4.78, 5) is 41.3. The molecule has 2 aromatic heterocycles. The van der Waals surface area contributed by atoms with E-state index in [1.807, 2.05) is 6.92 Å². The van der Waals surface area contributed by atoms with Gasteiger partial charge in [0.25, 0.3) is 5.56 Å². The average molecular weight is 421 g/mol. The van der Waals surface area contributed by atoms with Gasteiger partial charge in [-0.1, -0.05) is 0 Å². The Labute approximate surface area is 156 Å². The highest BCUT2D eigenvalue weighted by Gasteiger charge is 2.19. The van der Waals surface area contributed by atoms with Crippen molar-refractivity contribution >= 4 is 32.9 Å². The van der Waals surface area contributed by atoms with E-state index in [-0.39, 0.29) is 17.8 Å². The molecule has 0 spiro atoms. The van der Waals surface area contributed by atoms with E-state index in [9.17, 15) is 14.4 Å². The number of imidazole rings is 1. The summed E-state index contributed by atoms with van der Waals surface area (Å²) in [6.07, 6.45) is 0. The molecule has 1 aromatic carbocycles. The van der Waals surface area contributed by atoms with E-state index in [4.69, 9.17) is 4.74 Å². The van der Waals surface area contributed by atoms with Crippen molar-refractivity contribution in [1.82, 2.24) is 18.7 Å². The number of Topliss-reactive ketones (excluding diaryl/α,β-unsaturated/α-hetero) is 1. The van der Waals surface area contributed by atoms with Crippen LogP contribution in [0.25, 0.3) is 11.2 Å². The highest BCUT2D eigenvalue weighted by atomic mass is 79.9. The summed E-state index contributed by atoms with van der Waals surface area (Å²) in [5.74, 6) is 0.505. The monoisotopic (exact) mass is 420 g/mol. The summed E-state index contributed by atoms with van der Waals surface area (Å²) in [6.45, 7) is 2.37. The fourth-order valence-electron chi connectivity index (χ4n) is 2.74. The fourth-order valence-corrected chi connectivity index (χ4v) is 3.21. The first-order chi connectivity index (χ1) is 12.3. The molecule has 136 valence electrons. The molecule has 0 unspecified atom stereocenters. The third kappa shape index (κ3) is 2.98. The minimum absolute atomic E-state index is 0.0640. The van der Waals surface area contributed by atoms with Crippen molar-refractivity contribution in [2.75, 3.05) is 6.61 Å².